The van der Waals surface area contributed by atoms with Gasteiger partial charge < -0.3 is 29.4 Å². The third-order valence-electron chi connectivity index (χ3n) is 5.36. The van der Waals surface area contributed by atoms with E-state index in [9.17, 15) is 9.18 Å². The normalized spacial score (nSPS) is 11.3. The van der Waals surface area contributed by atoms with Gasteiger partial charge in [0.2, 0.25) is 0 Å². The van der Waals surface area contributed by atoms with E-state index in [4.69, 9.17) is 19.9 Å². The quantitative estimate of drug-likeness (QED) is 0.244. The van der Waals surface area contributed by atoms with Gasteiger partial charge in [-0.3, -0.25) is 4.98 Å². The van der Waals surface area contributed by atoms with Crippen LogP contribution in [0.4, 0.5) is 14.9 Å². The number of nitrogen functional groups attached to an aromatic ring is 1. The molecule has 0 aliphatic heterocycles. The number of ether oxygens (including phenoxy) is 3. The van der Waals surface area contributed by atoms with Crippen molar-refractivity contribution in [2.75, 3.05) is 26.0 Å². The van der Waals surface area contributed by atoms with Crippen LogP contribution in [0.5, 0.6) is 11.5 Å². The molecule has 0 aliphatic carbocycles. The Hall–Kier alpha value is -3.57. The molecule has 0 unspecified atom stereocenters. The van der Waals surface area contributed by atoms with Crippen molar-refractivity contribution in [2.24, 2.45) is 7.05 Å². The first kappa shape index (κ1) is 29.0. The zero-order valence-electron chi connectivity index (χ0n) is 22.4. The molecule has 3 rings (SSSR count). The highest BCUT2D eigenvalue weighted by molar-refractivity contribution is 7.98. The van der Waals surface area contributed by atoms with Crippen LogP contribution in [0, 0.1) is 5.82 Å². The van der Waals surface area contributed by atoms with Crippen molar-refractivity contribution >= 4 is 29.6 Å². The summed E-state index contributed by atoms with van der Waals surface area (Å²) in [7, 11) is 3.48. The Morgan fingerprint density at radius 2 is 2.03 bits per heavy atom. The molecule has 2 heterocycles. The molecule has 9 nitrogen and oxygen atoms in total. The predicted octanol–water partition coefficient (Wildman–Crippen LogP) is 5.65. The van der Waals surface area contributed by atoms with Crippen LogP contribution in [0.25, 0.3) is 6.08 Å². The van der Waals surface area contributed by atoms with Gasteiger partial charge in [-0.15, -0.1) is 11.8 Å². The summed E-state index contributed by atoms with van der Waals surface area (Å²) < 4.78 is 32.9. The van der Waals surface area contributed by atoms with Gasteiger partial charge in [-0.25, -0.2) is 14.2 Å². The van der Waals surface area contributed by atoms with Crippen molar-refractivity contribution in [1.29, 1.82) is 0 Å². The number of carbonyl (C=O) groups is 1. The van der Waals surface area contributed by atoms with E-state index in [1.807, 2.05) is 32.4 Å². The number of hydrogen-bond acceptors (Lipinski definition) is 8. The van der Waals surface area contributed by atoms with Crippen molar-refractivity contribution < 1.29 is 23.4 Å². The van der Waals surface area contributed by atoms with Crippen LogP contribution in [-0.2, 0) is 28.8 Å². The number of anilines is 1. The molecule has 204 valence electrons. The standard InChI is InChI=1S/C27H34FN5O4S/c1-7-21-25(23(10-11-30-21)36-22-9-8-18(29)14-20(22)28)38-17-24-31-15-19(32(24)5)16-33(12-13-35-6)26(34)37-27(2,3)4/h7-11,14-15H,1,12-13,16-17,29H2,2-6H3. The molecule has 0 saturated carbocycles. The summed E-state index contributed by atoms with van der Waals surface area (Å²) in [5, 5.41) is 0. The maximum Gasteiger partial charge on any atom is 0.410 e. The number of thioether (sulfide) groups is 1. The fourth-order valence-electron chi connectivity index (χ4n) is 3.40. The van der Waals surface area contributed by atoms with E-state index in [0.29, 0.717) is 47.5 Å². The number of amides is 1. The zero-order valence-corrected chi connectivity index (χ0v) is 23.2. The van der Waals surface area contributed by atoms with Gasteiger partial charge in [-0.1, -0.05) is 6.58 Å². The van der Waals surface area contributed by atoms with Gasteiger partial charge in [0.1, 0.15) is 17.2 Å². The second-order valence-corrected chi connectivity index (χ2v) is 10.4. The summed E-state index contributed by atoms with van der Waals surface area (Å²) in [6, 6.07) is 5.94. The Morgan fingerprint density at radius 3 is 2.68 bits per heavy atom. The Labute approximate surface area is 226 Å². The average molecular weight is 544 g/mol. The lowest BCUT2D eigenvalue weighted by Crippen LogP contribution is -2.38. The Kier molecular flexibility index (Phi) is 9.76. The van der Waals surface area contributed by atoms with E-state index in [1.165, 1.54) is 23.9 Å². The lowest BCUT2D eigenvalue weighted by Gasteiger charge is -2.27. The Morgan fingerprint density at radius 1 is 1.26 bits per heavy atom. The first-order chi connectivity index (χ1) is 18.0. The fraction of sp³-hybridized carbons (Fsp3) is 0.370. The highest BCUT2D eigenvalue weighted by atomic mass is 32.2. The molecule has 0 saturated heterocycles. The highest BCUT2D eigenvalue weighted by Crippen LogP contribution is 2.37. The molecule has 1 aromatic carbocycles. The summed E-state index contributed by atoms with van der Waals surface area (Å²) in [4.78, 5) is 24.0. The third-order valence-corrected chi connectivity index (χ3v) is 6.46. The lowest BCUT2D eigenvalue weighted by atomic mass is 10.2. The molecule has 0 aliphatic rings. The number of rotatable bonds is 11. The molecule has 0 bridgehead atoms. The minimum absolute atomic E-state index is 0.0554. The van der Waals surface area contributed by atoms with Crippen LogP contribution < -0.4 is 10.5 Å². The number of hydrogen-bond donors (Lipinski definition) is 1. The van der Waals surface area contributed by atoms with Gasteiger partial charge in [-0.05, 0) is 39.0 Å². The first-order valence-electron chi connectivity index (χ1n) is 12.0. The van der Waals surface area contributed by atoms with E-state index in [2.05, 4.69) is 16.5 Å². The number of nitrogens with zero attached hydrogens (tertiary/aromatic N) is 4. The minimum atomic E-state index is -0.613. The molecule has 1 amide bonds. The number of aromatic nitrogens is 3. The van der Waals surface area contributed by atoms with Gasteiger partial charge in [-0.2, -0.15) is 0 Å². The van der Waals surface area contributed by atoms with Crippen molar-refractivity contribution in [3.63, 3.8) is 0 Å². The molecule has 2 aromatic heterocycles. The molecule has 0 fully saturated rings. The summed E-state index contributed by atoms with van der Waals surface area (Å²) in [6.45, 7) is 10.4. The lowest BCUT2D eigenvalue weighted by molar-refractivity contribution is 0.0180. The molecule has 0 radical (unpaired) electrons. The van der Waals surface area contributed by atoms with Crippen LogP contribution in [0.3, 0.4) is 0 Å². The maximum atomic E-state index is 14.4. The van der Waals surface area contributed by atoms with E-state index in [1.54, 1.807) is 42.6 Å². The molecule has 38 heavy (non-hydrogen) atoms. The van der Waals surface area contributed by atoms with Crippen molar-refractivity contribution in [2.45, 2.75) is 43.6 Å². The Balaban J connectivity index is 1.78. The van der Waals surface area contributed by atoms with Crippen LogP contribution in [0.1, 0.15) is 38.0 Å². The number of imidazole rings is 1. The summed E-state index contributed by atoms with van der Waals surface area (Å²) in [6.07, 6.45) is 4.51. The smallest absolute Gasteiger partial charge is 0.410 e. The van der Waals surface area contributed by atoms with Crippen molar-refractivity contribution in [3.05, 3.63) is 66.3 Å². The van der Waals surface area contributed by atoms with Gasteiger partial charge >= 0.3 is 6.09 Å². The van der Waals surface area contributed by atoms with Crippen LogP contribution >= 0.6 is 11.8 Å². The number of pyridine rings is 1. The maximum absolute atomic E-state index is 14.4. The number of benzene rings is 1. The number of carbonyl (C=O) groups excluding carboxylic acids is 1. The van der Waals surface area contributed by atoms with Gasteiger partial charge in [0.05, 0.1) is 41.4 Å². The third kappa shape index (κ3) is 7.72. The SMILES string of the molecule is C=Cc1nccc(Oc2ccc(N)cc2F)c1SCc1ncc(CN(CCOC)C(=O)OC(C)(C)C)n1C. The molecule has 11 heteroatoms. The van der Waals surface area contributed by atoms with Gasteiger partial charge in [0.25, 0.3) is 0 Å². The monoisotopic (exact) mass is 543 g/mol. The van der Waals surface area contributed by atoms with Crippen LogP contribution in [0.15, 0.2) is 48.1 Å². The zero-order chi connectivity index (χ0) is 27.9. The summed E-state index contributed by atoms with van der Waals surface area (Å²) >= 11 is 1.44. The highest BCUT2D eigenvalue weighted by Gasteiger charge is 2.23. The van der Waals surface area contributed by atoms with E-state index >= 15 is 0 Å². The van der Waals surface area contributed by atoms with Gasteiger partial charge in [0, 0.05) is 44.7 Å². The molecule has 2 N–H and O–H groups in total. The average Bonchev–Trinajstić information content (AvgIpc) is 3.20. The molecule has 0 atom stereocenters. The topological polar surface area (TPSA) is 105 Å². The number of nitrogens with two attached hydrogens (primary N) is 1. The second-order valence-electron chi connectivity index (χ2n) is 9.43. The molecule has 3 aromatic rings. The molecule has 0 spiro atoms. The number of methoxy groups -OCH3 is 1. The van der Waals surface area contributed by atoms with Crippen molar-refractivity contribution in [3.8, 4) is 11.5 Å². The predicted molar refractivity (Wildman–Crippen MR) is 147 cm³/mol. The molecular formula is C27H34FN5O4S. The summed E-state index contributed by atoms with van der Waals surface area (Å²) in [5.74, 6) is 1.17. The van der Waals surface area contributed by atoms with Crippen LogP contribution in [0.2, 0.25) is 0 Å². The largest absolute Gasteiger partial charge is 0.453 e. The van der Waals surface area contributed by atoms with Crippen LogP contribution in [-0.4, -0.2) is 51.4 Å². The first-order valence-corrected chi connectivity index (χ1v) is 12.9. The summed E-state index contributed by atoms with van der Waals surface area (Å²) in [5.41, 5.74) is 6.79. The van der Waals surface area contributed by atoms with E-state index < -0.39 is 17.5 Å². The fourth-order valence-corrected chi connectivity index (χ4v) is 4.48. The van der Waals surface area contributed by atoms with Gasteiger partial charge in [0.15, 0.2) is 11.6 Å². The molecular weight excluding hydrogens is 509 g/mol. The van der Waals surface area contributed by atoms with E-state index in [-0.39, 0.29) is 5.75 Å². The number of halogens is 1. The minimum Gasteiger partial charge on any atom is -0.453 e. The second kappa shape index (κ2) is 12.8. The van der Waals surface area contributed by atoms with E-state index in [0.717, 1.165) is 11.5 Å². The van der Waals surface area contributed by atoms with Crippen molar-refractivity contribution in [1.82, 2.24) is 19.4 Å². The Bertz CT molecular complexity index is 1270.